The van der Waals surface area contributed by atoms with Gasteiger partial charge in [0.15, 0.2) is 0 Å². The molecular weight excluding hydrogens is 242 g/mol. The first-order valence-electron chi connectivity index (χ1n) is 6.12. The van der Waals surface area contributed by atoms with Gasteiger partial charge >= 0.3 is 0 Å². The Hall–Kier alpha value is -1.91. The van der Waals surface area contributed by atoms with Crippen molar-refractivity contribution in [2.75, 3.05) is 20.3 Å². The monoisotopic (exact) mass is 259 g/mol. The normalized spacial score (nSPS) is 12.1. The number of aliphatic hydroxyl groups excluding tert-OH is 1. The largest absolute Gasteiger partial charge is 0.491 e. The average Bonchev–Trinajstić information content (AvgIpc) is 2.48. The number of methoxy groups -OCH3 is 1. The molecule has 1 N–H and O–H groups in total. The van der Waals surface area contributed by atoms with Crippen LogP contribution in [0.3, 0.4) is 0 Å². The molecule has 100 valence electrons. The summed E-state index contributed by atoms with van der Waals surface area (Å²) in [6.45, 7) is 0.955. The maximum atomic E-state index is 10.4. The van der Waals surface area contributed by atoms with Gasteiger partial charge in [0.25, 0.3) is 0 Å². The van der Waals surface area contributed by atoms with Crippen molar-refractivity contribution in [2.24, 2.45) is 0 Å². The molecule has 1 aromatic heterocycles. The minimum Gasteiger partial charge on any atom is -0.491 e. The van der Waals surface area contributed by atoms with Crippen LogP contribution in [0.5, 0.6) is 5.75 Å². The van der Waals surface area contributed by atoms with Crippen molar-refractivity contribution < 1.29 is 14.6 Å². The van der Waals surface area contributed by atoms with E-state index in [1.54, 1.807) is 19.4 Å². The molecule has 1 aromatic carbocycles. The number of hydrogen-bond donors (Lipinski definition) is 1. The molecule has 0 saturated carbocycles. The molecule has 0 aliphatic carbocycles. The Morgan fingerprint density at radius 2 is 1.89 bits per heavy atom. The van der Waals surface area contributed by atoms with Gasteiger partial charge in [0, 0.05) is 18.9 Å². The summed E-state index contributed by atoms with van der Waals surface area (Å²) in [5.41, 5.74) is 1.31. The van der Waals surface area contributed by atoms with E-state index in [-0.39, 0.29) is 0 Å². The quantitative estimate of drug-likeness (QED) is 0.808. The highest BCUT2D eigenvalue weighted by Gasteiger charge is 2.15. The van der Waals surface area contributed by atoms with Crippen molar-refractivity contribution >= 4 is 0 Å². The van der Waals surface area contributed by atoms with Crippen LogP contribution in [0, 0.1) is 0 Å². The first-order valence-corrected chi connectivity index (χ1v) is 6.12. The Labute approximate surface area is 112 Å². The van der Waals surface area contributed by atoms with Crippen LogP contribution in [0.4, 0.5) is 0 Å². The van der Waals surface area contributed by atoms with Gasteiger partial charge in [-0.25, -0.2) is 0 Å². The van der Waals surface area contributed by atoms with Crippen LogP contribution in [0.15, 0.2) is 48.7 Å². The van der Waals surface area contributed by atoms with Gasteiger partial charge in [-0.15, -0.1) is 0 Å². The molecule has 2 aromatic rings. The van der Waals surface area contributed by atoms with Crippen LogP contribution >= 0.6 is 0 Å². The number of aromatic nitrogens is 1. The second-order valence-electron chi connectivity index (χ2n) is 4.04. The van der Waals surface area contributed by atoms with Crippen LogP contribution < -0.4 is 4.74 Å². The van der Waals surface area contributed by atoms with E-state index in [4.69, 9.17) is 9.47 Å². The highest BCUT2D eigenvalue weighted by atomic mass is 16.5. The number of benzene rings is 1. The van der Waals surface area contributed by atoms with E-state index in [1.165, 1.54) is 0 Å². The highest BCUT2D eigenvalue weighted by molar-refractivity contribution is 5.38. The summed E-state index contributed by atoms with van der Waals surface area (Å²) in [4.78, 5) is 4.16. The van der Waals surface area contributed by atoms with Gasteiger partial charge in [-0.1, -0.05) is 24.3 Å². The predicted octanol–water partition coefficient (Wildman–Crippen LogP) is 2.19. The third-order valence-electron chi connectivity index (χ3n) is 2.73. The van der Waals surface area contributed by atoms with Crippen molar-refractivity contribution in [1.82, 2.24) is 4.98 Å². The number of pyridine rings is 1. The Balaban J connectivity index is 2.19. The molecule has 1 atom stereocenters. The summed E-state index contributed by atoms with van der Waals surface area (Å²) in [6.07, 6.45) is 0.868. The molecule has 4 nitrogen and oxygen atoms in total. The smallest absolute Gasteiger partial charge is 0.125 e. The van der Waals surface area contributed by atoms with Crippen molar-refractivity contribution in [3.63, 3.8) is 0 Å². The summed E-state index contributed by atoms with van der Waals surface area (Å²) in [5, 5.41) is 10.4. The Morgan fingerprint density at radius 3 is 2.63 bits per heavy atom. The molecule has 0 radical (unpaired) electrons. The van der Waals surface area contributed by atoms with Gasteiger partial charge < -0.3 is 14.6 Å². The Kier molecular flexibility index (Phi) is 4.89. The van der Waals surface area contributed by atoms with E-state index in [0.717, 1.165) is 0 Å². The molecule has 0 spiro atoms. The fourth-order valence-corrected chi connectivity index (χ4v) is 1.77. The SMILES string of the molecule is COCCOc1ccccc1C(O)c1ccccn1. The number of nitrogens with zero attached hydrogens (tertiary/aromatic N) is 1. The van der Waals surface area contributed by atoms with Gasteiger partial charge in [0.2, 0.25) is 0 Å². The number of rotatable bonds is 6. The summed E-state index contributed by atoms with van der Waals surface area (Å²) in [6, 6.07) is 12.9. The second kappa shape index (κ2) is 6.87. The van der Waals surface area contributed by atoms with E-state index in [1.807, 2.05) is 36.4 Å². The third kappa shape index (κ3) is 3.53. The standard InChI is InChI=1S/C15H17NO3/c1-18-10-11-19-14-8-3-2-6-12(14)15(17)13-7-4-5-9-16-13/h2-9,15,17H,10-11H2,1H3. The molecule has 0 fully saturated rings. The predicted molar refractivity (Wildman–Crippen MR) is 72.1 cm³/mol. The molecule has 0 bridgehead atoms. The lowest BCUT2D eigenvalue weighted by atomic mass is 10.1. The van der Waals surface area contributed by atoms with Crippen LogP contribution in [-0.2, 0) is 4.74 Å². The zero-order chi connectivity index (χ0) is 13.5. The summed E-state index contributed by atoms with van der Waals surface area (Å²) in [7, 11) is 1.62. The first-order chi connectivity index (χ1) is 9.33. The lowest BCUT2D eigenvalue weighted by Gasteiger charge is -2.15. The maximum Gasteiger partial charge on any atom is 0.125 e. The molecule has 1 unspecified atom stereocenters. The van der Waals surface area contributed by atoms with Gasteiger partial charge in [-0.3, -0.25) is 4.98 Å². The Bertz CT molecular complexity index is 502. The molecule has 2 rings (SSSR count). The zero-order valence-electron chi connectivity index (χ0n) is 10.8. The second-order valence-corrected chi connectivity index (χ2v) is 4.04. The summed E-state index contributed by atoms with van der Waals surface area (Å²) >= 11 is 0. The van der Waals surface area contributed by atoms with Crippen LogP contribution in [0.1, 0.15) is 17.4 Å². The molecule has 1 heterocycles. The topological polar surface area (TPSA) is 51.6 Å². The molecule has 0 aliphatic rings. The Morgan fingerprint density at radius 1 is 1.11 bits per heavy atom. The van der Waals surface area contributed by atoms with Crippen LogP contribution in [-0.4, -0.2) is 30.4 Å². The van der Waals surface area contributed by atoms with Crippen molar-refractivity contribution in [3.05, 3.63) is 59.9 Å². The minimum absolute atomic E-state index is 0.447. The molecule has 0 aliphatic heterocycles. The molecule has 19 heavy (non-hydrogen) atoms. The lowest BCUT2D eigenvalue weighted by Crippen LogP contribution is -2.09. The number of aliphatic hydroxyl groups is 1. The van der Waals surface area contributed by atoms with E-state index >= 15 is 0 Å². The lowest BCUT2D eigenvalue weighted by molar-refractivity contribution is 0.142. The van der Waals surface area contributed by atoms with Crippen molar-refractivity contribution in [2.45, 2.75) is 6.10 Å². The summed E-state index contributed by atoms with van der Waals surface area (Å²) in [5.74, 6) is 0.651. The van der Waals surface area contributed by atoms with Gasteiger partial charge in [0.1, 0.15) is 18.5 Å². The van der Waals surface area contributed by atoms with Crippen molar-refractivity contribution in [1.29, 1.82) is 0 Å². The molecular formula is C15H17NO3. The van der Waals surface area contributed by atoms with Gasteiger partial charge in [-0.05, 0) is 18.2 Å². The van der Waals surface area contributed by atoms with Gasteiger partial charge in [-0.2, -0.15) is 0 Å². The number of ether oxygens (including phenoxy) is 2. The fraction of sp³-hybridized carbons (Fsp3) is 0.267. The van der Waals surface area contributed by atoms with Crippen LogP contribution in [0.2, 0.25) is 0 Å². The van der Waals surface area contributed by atoms with Crippen molar-refractivity contribution in [3.8, 4) is 5.75 Å². The number of para-hydroxylation sites is 1. The highest BCUT2D eigenvalue weighted by Crippen LogP contribution is 2.28. The third-order valence-corrected chi connectivity index (χ3v) is 2.73. The summed E-state index contributed by atoms with van der Waals surface area (Å²) < 4.78 is 10.6. The molecule has 0 amide bonds. The zero-order valence-corrected chi connectivity index (χ0v) is 10.8. The fourth-order valence-electron chi connectivity index (χ4n) is 1.77. The molecule has 0 saturated heterocycles. The average molecular weight is 259 g/mol. The first kappa shape index (κ1) is 13.5. The van der Waals surface area contributed by atoms with Crippen LogP contribution in [0.25, 0.3) is 0 Å². The molecule has 4 heteroatoms. The van der Waals surface area contributed by atoms with E-state index in [9.17, 15) is 5.11 Å². The van der Waals surface area contributed by atoms with Gasteiger partial charge in [0.05, 0.1) is 12.3 Å². The maximum absolute atomic E-state index is 10.4. The van der Waals surface area contributed by atoms with E-state index < -0.39 is 6.10 Å². The van der Waals surface area contributed by atoms with E-state index in [2.05, 4.69) is 4.98 Å². The minimum atomic E-state index is -0.792. The number of hydrogen-bond acceptors (Lipinski definition) is 4. The van der Waals surface area contributed by atoms with E-state index in [0.29, 0.717) is 30.2 Å².